The first kappa shape index (κ1) is 15.4. The van der Waals surface area contributed by atoms with Crippen LogP contribution in [0.3, 0.4) is 0 Å². The van der Waals surface area contributed by atoms with Crippen LogP contribution in [0.15, 0.2) is 33.9 Å². The normalized spacial score (nSPS) is 13.1. The lowest BCUT2D eigenvalue weighted by Crippen LogP contribution is -2.22. The number of nitrogens with zero attached hydrogens (tertiary/aromatic N) is 3. The number of nitrogen functional groups attached to an aromatic ring is 1. The van der Waals surface area contributed by atoms with Crippen molar-refractivity contribution in [2.45, 2.75) is 25.0 Å². The lowest BCUT2D eigenvalue weighted by molar-refractivity contribution is 0.838. The zero-order valence-corrected chi connectivity index (χ0v) is 14.7. The van der Waals surface area contributed by atoms with Crippen LogP contribution in [0.25, 0.3) is 0 Å². The van der Waals surface area contributed by atoms with E-state index >= 15 is 0 Å². The predicted molar refractivity (Wildman–Crippen MR) is 96.3 cm³/mol. The maximum atomic E-state index is 6.06. The molecule has 22 heavy (non-hydrogen) atoms. The molecule has 116 valence electrons. The van der Waals surface area contributed by atoms with Gasteiger partial charge in [-0.05, 0) is 24.1 Å². The molecule has 0 fully saturated rings. The van der Waals surface area contributed by atoms with Gasteiger partial charge in [0.15, 0.2) is 16.8 Å². The monoisotopic (exact) mass is 379 g/mol. The topological polar surface area (TPSA) is 67.1 Å². The van der Waals surface area contributed by atoms with E-state index in [9.17, 15) is 0 Å². The third kappa shape index (κ3) is 3.30. The number of rotatable bonds is 5. The van der Waals surface area contributed by atoms with E-state index < -0.39 is 0 Å². The minimum atomic E-state index is 0.530. The van der Waals surface area contributed by atoms with Crippen molar-refractivity contribution in [1.82, 2.24) is 9.97 Å². The number of nitrogens with two attached hydrogens (primary N) is 1. The largest absolute Gasteiger partial charge is 0.382 e. The van der Waals surface area contributed by atoms with Gasteiger partial charge >= 0.3 is 0 Å². The van der Waals surface area contributed by atoms with Gasteiger partial charge in [-0.25, -0.2) is 9.97 Å². The van der Waals surface area contributed by atoms with E-state index in [1.54, 1.807) is 11.8 Å². The van der Waals surface area contributed by atoms with E-state index in [0.29, 0.717) is 12.5 Å². The quantitative estimate of drug-likeness (QED) is 0.609. The van der Waals surface area contributed by atoms with E-state index in [4.69, 9.17) is 5.73 Å². The van der Waals surface area contributed by atoms with Crippen LogP contribution in [0.4, 0.5) is 17.3 Å². The molecule has 2 heterocycles. The summed E-state index contributed by atoms with van der Waals surface area (Å²) in [6, 6.07) is 8.33. The second-order valence-corrected chi connectivity index (χ2v) is 7.08. The molecule has 1 aliphatic rings. The Morgan fingerprint density at radius 3 is 2.82 bits per heavy atom. The number of fused-ring (bicyclic) bond motifs is 1. The maximum Gasteiger partial charge on any atom is 0.191 e. The summed E-state index contributed by atoms with van der Waals surface area (Å²) < 4.78 is 1.08. The van der Waals surface area contributed by atoms with E-state index in [0.717, 1.165) is 39.9 Å². The molecule has 0 saturated heterocycles. The second kappa shape index (κ2) is 6.75. The number of hydrogen-bond donors (Lipinski definition) is 2. The van der Waals surface area contributed by atoms with Crippen LogP contribution in [-0.4, -0.2) is 22.4 Å². The number of aromatic nitrogens is 2. The average molecular weight is 380 g/mol. The molecule has 5 nitrogen and oxygen atoms in total. The third-order valence-electron chi connectivity index (χ3n) is 3.37. The van der Waals surface area contributed by atoms with E-state index in [1.807, 2.05) is 0 Å². The van der Waals surface area contributed by atoms with Crippen LogP contribution >= 0.6 is 27.7 Å². The number of nitrogens with one attached hydrogen (secondary N) is 1. The number of benzene rings is 1. The van der Waals surface area contributed by atoms with Crippen LogP contribution in [0.2, 0.25) is 0 Å². The summed E-state index contributed by atoms with van der Waals surface area (Å²) >= 11 is 5.11. The molecular weight excluding hydrogens is 362 g/mol. The van der Waals surface area contributed by atoms with Crippen molar-refractivity contribution in [3.05, 3.63) is 34.3 Å². The molecule has 1 aromatic heterocycles. The first-order valence-corrected chi connectivity index (χ1v) is 8.99. The van der Waals surface area contributed by atoms with Gasteiger partial charge in [0.25, 0.3) is 0 Å². The summed E-state index contributed by atoms with van der Waals surface area (Å²) in [6.07, 6.45) is 1.09. The Labute approximate surface area is 142 Å². The van der Waals surface area contributed by atoms with E-state index in [-0.39, 0.29) is 0 Å². The Kier molecular flexibility index (Phi) is 4.73. The minimum Gasteiger partial charge on any atom is -0.382 e. The highest BCUT2D eigenvalue weighted by atomic mass is 79.9. The van der Waals surface area contributed by atoms with Crippen LogP contribution in [0, 0.1) is 0 Å². The Morgan fingerprint density at radius 2 is 2.09 bits per heavy atom. The van der Waals surface area contributed by atoms with Crippen LogP contribution in [0.1, 0.15) is 18.9 Å². The summed E-state index contributed by atoms with van der Waals surface area (Å²) in [6.45, 7) is 3.64. The Bertz CT molecular complexity index is 662. The SMILES string of the molecule is CCCSc1nc(N)c2c(n1)N(Cc1ccc(Br)cc1)CN2. The molecule has 0 amide bonds. The van der Waals surface area contributed by atoms with Gasteiger partial charge < -0.3 is 16.0 Å². The zero-order chi connectivity index (χ0) is 15.5. The minimum absolute atomic E-state index is 0.530. The summed E-state index contributed by atoms with van der Waals surface area (Å²) in [5.74, 6) is 2.43. The number of halogens is 1. The van der Waals surface area contributed by atoms with Gasteiger partial charge in [-0.1, -0.05) is 46.7 Å². The van der Waals surface area contributed by atoms with Gasteiger partial charge in [-0.3, -0.25) is 0 Å². The molecule has 0 unspecified atom stereocenters. The van der Waals surface area contributed by atoms with Crippen LogP contribution < -0.4 is 16.0 Å². The molecule has 0 spiro atoms. The van der Waals surface area contributed by atoms with Crippen molar-refractivity contribution >= 4 is 45.0 Å². The fraction of sp³-hybridized carbons (Fsp3) is 0.333. The first-order chi connectivity index (χ1) is 10.7. The molecule has 0 aliphatic carbocycles. The van der Waals surface area contributed by atoms with Crippen molar-refractivity contribution in [2.24, 2.45) is 0 Å². The number of anilines is 3. The van der Waals surface area contributed by atoms with Crippen LogP contribution in [0.5, 0.6) is 0 Å². The van der Waals surface area contributed by atoms with Gasteiger partial charge in [0, 0.05) is 16.8 Å². The highest BCUT2D eigenvalue weighted by Crippen LogP contribution is 2.36. The summed E-state index contributed by atoms with van der Waals surface area (Å²) in [5.41, 5.74) is 8.14. The summed E-state index contributed by atoms with van der Waals surface area (Å²) in [4.78, 5) is 11.2. The lowest BCUT2D eigenvalue weighted by atomic mass is 10.2. The van der Waals surface area contributed by atoms with Gasteiger partial charge in [0.1, 0.15) is 5.69 Å². The molecule has 0 atom stereocenters. The second-order valence-electron chi connectivity index (χ2n) is 5.10. The predicted octanol–water partition coefficient (Wildman–Crippen LogP) is 3.71. The first-order valence-electron chi connectivity index (χ1n) is 7.21. The summed E-state index contributed by atoms with van der Waals surface area (Å²) in [5, 5.41) is 4.04. The molecule has 1 aliphatic heterocycles. The standard InChI is InChI=1S/C15H18BrN5S/c1-2-7-22-15-19-13(17)12-14(20-15)21(9-18-12)8-10-3-5-11(16)6-4-10/h3-6,18H,2,7-9H2,1H3,(H2,17,19,20). The number of thioether (sulfide) groups is 1. The molecule has 2 aromatic rings. The third-order valence-corrected chi connectivity index (χ3v) is 4.95. The van der Waals surface area contributed by atoms with Gasteiger partial charge in [-0.2, -0.15) is 0 Å². The van der Waals surface area contributed by atoms with Crippen molar-refractivity contribution < 1.29 is 0 Å². The average Bonchev–Trinajstić information content (AvgIpc) is 2.91. The van der Waals surface area contributed by atoms with Gasteiger partial charge in [0.05, 0.1) is 6.67 Å². The summed E-state index contributed by atoms with van der Waals surface area (Å²) in [7, 11) is 0. The molecule has 1 aromatic carbocycles. The lowest BCUT2D eigenvalue weighted by Gasteiger charge is -2.17. The Morgan fingerprint density at radius 1 is 1.32 bits per heavy atom. The highest BCUT2D eigenvalue weighted by Gasteiger charge is 2.24. The Balaban J connectivity index is 1.83. The molecule has 0 saturated carbocycles. The number of hydrogen-bond acceptors (Lipinski definition) is 6. The maximum absolute atomic E-state index is 6.06. The van der Waals surface area contributed by atoms with Crippen molar-refractivity contribution in [1.29, 1.82) is 0 Å². The molecule has 3 rings (SSSR count). The van der Waals surface area contributed by atoms with Crippen molar-refractivity contribution in [2.75, 3.05) is 28.4 Å². The van der Waals surface area contributed by atoms with E-state index in [2.05, 4.69) is 67.3 Å². The van der Waals surface area contributed by atoms with Gasteiger partial charge in [0.2, 0.25) is 0 Å². The molecule has 7 heteroatoms. The van der Waals surface area contributed by atoms with E-state index in [1.165, 1.54) is 5.56 Å². The molecular formula is C15H18BrN5S. The molecule has 3 N–H and O–H groups in total. The molecule has 0 radical (unpaired) electrons. The smallest absolute Gasteiger partial charge is 0.191 e. The fourth-order valence-electron chi connectivity index (χ4n) is 2.29. The fourth-order valence-corrected chi connectivity index (χ4v) is 3.26. The zero-order valence-electron chi connectivity index (χ0n) is 12.3. The highest BCUT2D eigenvalue weighted by molar-refractivity contribution is 9.10. The van der Waals surface area contributed by atoms with Crippen molar-refractivity contribution in [3.63, 3.8) is 0 Å². The van der Waals surface area contributed by atoms with Gasteiger partial charge in [-0.15, -0.1) is 0 Å². The molecule has 0 bridgehead atoms. The van der Waals surface area contributed by atoms with Crippen LogP contribution in [-0.2, 0) is 6.54 Å². The Hall–Kier alpha value is -1.47. The van der Waals surface area contributed by atoms with Crippen molar-refractivity contribution in [3.8, 4) is 0 Å².